The lowest BCUT2D eigenvalue weighted by atomic mass is 10.3. The van der Waals surface area contributed by atoms with E-state index in [1.54, 1.807) is 7.05 Å². The topological polar surface area (TPSA) is 64.4 Å². The number of benzene rings is 1. The molecule has 0 aliphatic rings. The summed E-state index contributed by atoms with van der Waals surface area (Å²) in [7, 11) is 1.77. The van der Waals surface area contributed by atoms with Crippen molar-refractivity contribution in [3.8, 4) is 5.75 Å². The number of ether oxygens (including phenoxy) is 1. The van der Waals surface area contributed by atoms with Crippen molar-refractivity contribution < 1.29 is 9.66 Å². The van der Waals surface area contributed by atoms with Gasteiger partial charge in [0, 0.05) is 18.7 Å². The van der Waals surface area contributed by atoms with Gasteiger partial charge >= 0.3 is 5.69 Å². The van der Waals surface area contributed by atoms with Gasteiger partial charge in [0.2, 0.25) is 0 Å². The summed E-state index contributed by atoms with van der Waals surface area (Å²) < 4.78 is 5.32. The second-order valence-electron chi connectivity index (χ2n) is 3.56. The first-order chi connectivity index (χ1) is 8.45. The zero-order chi connectivity index (χ0) is 13.7. The highest BCUT2D eigenvalue weighted by molar-refractivity contribution is 6.42. The molecule has 1 aromatic rings. The minimum atomic E-state index is -0.571. The molecule has 0 spiro atoms. The molecule has 0 atom stereocenters. The van der Waals surface area contributed by atoms with Crippen molar-refractivity contribution in [3.05, 3.63) is 44.4 Å². The van der Waals surface area contributed by atoms with Gasteiger partial charge in [-0.25, -0.2) is 0 Å². The standard InChI is InChI=1S/C11H12Cl2N2O3/c1-7(5-14-2)6-18-11-4-9(13)8(12)3-10(11)15(16)17/h3-4,14H,1,5-6H2,2H3. The van der Waals surface area contributed by atoms with E-state index in [0.717, 1.165) is 5.57 Å². The first-order valence-corrected chi connectivity index (χ1v) is 5.78. The van der Waals surface area contributed by atoms with Crippen LogP contribution in [-0.4, -0.2) is 25.1 Å². The largest absolute Gasteiger partial charge is 0.482 e. The molecule has 0 bridgehead atoms. The van der Waals surface area contributed by atoms with Gasteiger partial charge in [-0.3, -0.25) is 10.1 Å². The number of nitrogens with zero attached hydrogens (tertiary/aromatic N) is 1. The van der Waals surface area contributed by atoms with Crippen molar-refractivity contribution in [2.24, 2.45) is 0 Å². The van der Waals surface area contributed by atoms with Gasteiger partial charge in [-0.15, -0.1) is 0 Å². The average molecular weight is 291 g/mol. The molecule has 1 aromatic carbocycles. The van der Waals surface area contributed by atoms with Gasteiger partial charge in [0.1, 0.15) is 6.61 Å². The molecule has 0 heterocycles. The molecule has 98 valence electrons. The van der Waals surface area contributed by atoms with Crippen LogP contribution in [0.1, 0.15) is 0 Å². The van der Waals surface area contributed by atoms with Crippen LogP contribution in [0.3, 0.4) is 0 Å². The van der Waals surface area contributed by atoms with E-state index < -0.39 is 4.92 Å². The van der Waals surface area contributed by atoms with E-state index in [1.807, 2.05) is 0 Å². The number of rotatable bonds is 6. The number of halogens is 2. The summed E-state index contributed by atoms with van der Waals surface area (Å²) in [5, 5.41) is 14.1. The second kappa shape index (κ2) is 6.58. The molecule has 0 saturated carbocycles. The Morgan fingerprint density at radius 2 is 2.11 bits per heavy atom. The van der Waals surface area contributed by atoms with Crippen molar-refractivity contribution in [1.82, 2.24) is 5.32 Å². The summed E-state index contributed by atoms with van der Waals surface area (Å²) in [4.78, 5) is 10.3. The monoisotopic (exact) mass is 290 g/mol. The maximum atomic E-state index is 10.8. The Hall–Kier alpha value is -1.30. The molecule has 0 aliphatic carbocycles. The van der Waals surface area contributed by atoms with Gasteiger partial charge < -0.3 is 10.1 Å². The zero-order valence-electron chi connectivity index (χ0n) is 9.70. The third kappa shape index (κ3) is 3.87. The summed E-state index contributed by atoms with van der Waals surface area (Å²) >= 11 is 11.5. The van der Waals surface area contributed by atoms with E-state index in [2.05, 4.69) is 11.9 Å². The highest BCUT2D eigenvalue weighted by Gasteiger charge is 2.18. The fraction of sp³-hybridized carbons (Fsp3) is 0.273. The predicted octanol–water partition coefficient (Wildman–Crippen LogP) is 3.06. The van der Waals surface area contributed by atoms with Crippen LogP contribution in [-0.2, 0) is 0 Å². The first kappa shape index (κ1) is 14.8. The lowest BCUT2D eigenvalue weighted by Gasteiger charge is -2.09. The quantitative estimate of drug-likeness (QED) is 0.497. The molecule has 0 amide bonds. The third-order valence-electron chi connectivity index (χ3n) is 2.06. The smallest absolute Gasteiger partial charge is 0.312 e. The van der Waals surface area contributed by atoms with E-state index >= 15 is 0 Å². The van der Waals surface area contributed by atoms with Gasteiger partial charge in [0.15, 0.2) is 5.75 Å². The highest BCUT2D eigenvalue weighted by Crippen LogP contribution is 2.35. The molecule has 0 saturated heterocycles. The van der Waals surface area contributed by atoms with E-state index in [1.165, 1.54) is 12.1 Å². The molecule has 0 aliphatic heterocycles. The molecule has 18 heavy (non-hydrogen) atoms. The van der Waals surface area contributed by atoms with Gasteiger partial charge in [-0.2, -0.15) is 0 Å². The van der Waals surface area contributed by atoms with E-state index in [0.29, 0.717) is 6.54 Å². The van der Waals surface area contributed by atoms with Crippen LogP contribution in [0.25, 0.3) is 0 Å². The van der Waals surface area contributed by atoms with Crippen molar-refractivity contribution in [2.75, 3.05) is 20.2 Å². The maximum absolute atomic E-state index is 10.8. The van der Waals surface area contributed by atoms with E-state index in [9.17, 15) is 10.1 Å². The SMILES string of the molecule is C=C(CNC)COc1cc(Cl)c(Cl)cc1[N+](=O)[O-]. The number of likely N-dealkylation sites (N-methyl/N-ethyl adjacent to an activating group) is 1. The van der Waals surface area contributed by atoms with Crippen LogP contribution < -0.4 is 10.1 Å². The molecular weight excluding hydrogens is 279 g/mol. The van der Waals surface area contributed by atoms with E-state index in [4.69, 9.17) is 27.9 Å². The Morgan fingerprint density at radius 3 is 2.67 bits per heavy atom. The van der Waals surface area contributed by atoms with Crippen molar-refractivity contribution in [2.45, 2.75) is 0 Å². The number of hydrogen-bond acceptors (Lipinski definition) is 4. The van der Waals surface area contributed by atoms with Gasteiger partial charge in [-0.1, -0.05) is 29.8 Å². The minimum absolute atomic E-state index is 0.0756. The normalized spacial score (nSPS) is 10.2. The molecule has 0 unspecified atom stereocenters. The van der Waals surface area contributed by atoms with Crippen molar-refractivity contribution in [3.63, 3.8) is 0 Å². The Balaban J connectivity index is 2.90. The van der Waals surface area contributed by atoms with Crippen LogP contribution in [0.15, 0.2) is 24.3 Å². The van der Waals surface area contributed by atoms with Crippen LogP contribution in [0.5, 0.6) is 5.75 Å². The molecule has 1 N–H and O–H groups in total. The summed E-state index contributed by atoms with van der Waals surface area (Å²) in [5.74, 6) is 0.0756. The fourth-order valence-corrected chi connectivity index (χ4v) is 1.57. The van der Waals surface area contributed by atoms with Crippen LogP contribution >= 0.6 is 23.2 Å². The predicted molar refractivity (Wildman–Crippen MR) is 71.7 cm³/mol. The number of nitrogens with one attached hydrogen (secondary N) is 1. The Kier molecular flexibility index (Phi) is 5.40. The van der Waals surface area contributed by atoms with Crippen molar-refractivity contribution in [1.29, 1.82) is 0 Å². The molecule has 0 aromatic heterocycles. The number of nitro groups is 1. The number of hydrogen-bond donors (Lipinski definition) is 1. The van der Waals surface area contributed by atoms with Crippen LogP contribution in [0.2, 0.25) is 10.0 Å². The lowest BCUT2D eigenvalue weighted by molar-refractivity contribution is -0.385. The van der Waals surface area contributed by atoms with Gasteiger partial charge in [0.25, 0.3) is 0 Å². The number of nitro benzene ring substituents is 1. The molecule has 7 heteroatoms. The molecule has 5 nitrogen and oxygen atoms in total. The van der Waals surface area contributed by atoms with Gasteiger partial charge in [0.05, 0.1) is 15.0 Å². The summed E-state index contributed by atoms with van der Waals surface area (Å²) in [6.07, 6.45) is 0. The fourth-order valence-electron chi connectivity index (χ4n) is 1.26. The van der Waals surface area contributed by atoms with Crippen molar-refractivity contribution >= 4 is 28.9 Å². The summed E-state index contributed by atoms with van der Waals surface area (Å²) in [6, 6.07) is 2.49. The second-order valence-corrected chi connectivity index (χ2v) is 4.37. The highest BCUT2D eigenvalue weighted by atomic mass is 35.5. The molecule has 0 fully saturated rings. The first-order valence-electron chi connectivity index (χ1n) is 5.03. The van der Waals surface area contributed by atoms with Crippen LogP contribution in [0, 0.1) is 10.1 Å². The van der Waals surface area contributed by atoms with Gasteiger partial charge in [-0.05, 0) is 12.6 Å². The van der Waals surface area contributed by atoms with Crippen LogP contribution in [0.4, 0.5) is 5.69 Å². The Bertz CT molecular complexity index is 478. The third-order valence-corrected chi connectivity index (χ3v) is 2.78. The molecular formula is C11H12Cl2N2O3. The Labute approximate surface area is 114 Å². The lowest BCUT2D eigenvalue weighted by Crippen LogP contribution is -2.14. The summed E-state index contributed by atoms with van der Waals surface area (Å²) in [6.45, 7) is 4.49. The maximum Gasteiger partial charge on any atom is 0.312 e. The Morgan fingerprint density at radius 1 is 1.50 bits per heavy atom. The molecule has 0 radical (unpaired) electrons. The summed E-state index contributed by atoms with van der Waals surface area (Å²) in [5.41, 5.74) is 0.541. The average Bonchev–Trinajstić information content (AvgIpc) is 2.30. The zero-order valence-corrected chi connectivity index (χ0v) is 11.2. The minimum Gasteiger partial charge on any atom is -0.482 e. The van der Waals surface area contributed by atoms with E-state index in [-0.39, 0.29) is 28.1 Å². The molecule has 1 rings (SSSR count).